The quantitative estimate of drug-likeness (QED) is 0.668. The van der Waals surface area contributed by atoms with Crippen LogP contribution in [-0.4, -0.2) is 50.6 Å². The molecule has 0 unspecified atom stereocenters. The highest BCUT2D eigenvalue weighted by atomic mass is 16.8. The first kappa shape index (κ1) is 13.4. The zero-order valence-electron chi connectivity index (χ0n) is 11.0. The Morgan fingerprint density at radius 1 is 1.40 bits per heavy atom. The van der Waals surface area contributed by atoms with E-state index in [1.807, 2.05) is 0 Å². The topological polar surface area (TPSA) is 116 Å². The smallest absolute Gasteiger partial charge is 0.347 e. The van der Waals surface area contributed by atoms with Gasteiger partial charge in [-0.2, -0.15) is 9.78 Å². The molecule has 3 rings (SSSR count). The van der Waals surface area contributed by atoms with Crippen LogP contribution in [0.1, 0.15) is 20.1 Å². The van der Waals surface area contributed by atoms with Crippen molar-refractivity contribution in [2.75, 3.05) is 6.61 Å². The van der Waals surface area contributed by atoms with E-state index in [1.54, 1.807) is 13.8 Å². The average Bonchev–Trinajstić information content (AvgIpc) is 2.83. The molecule has 0 saturated carbocycles. The lowest BCUT2D eigenvalue weighted by Crippen LogP contribution is -2.39. The fourth-order valence-electron chi connectivity index (χ4n) is 2.55. The summed E-state index contributed by atoms with van der Waals surface area (Å²) >= 11 is 0. The number of aromatic amines is 1. The Labute approximate surface area is 113 Å². The first-order valence-electron chi connectivity index (χ1n) is 6.21. The second-order valence-electron chi connectivity index (χ2n) is 5.20. The van der Waals surface area contributed by atoms with Crippen molar-refractivity contribution in [3.05, 3.63) is 27.0 Å². The lowest BCUT2D eigenvalue weighted by atomic mass is 10.1. The van der Waals surface area contributed by atoms with E-state index >= 15 is 0 Å². The Kier molecular flexibility index (Phi) is 3.01. The number of H-pyrrole nitrogens is 1. The van der Waals surface area contributed by atoms with Gasteiger partial charge in [0.25, 0.3) is 5.56 Å². The summed E-state index contributed by atoms with van der Waals surface area (Å²) in [7, 11) is 0. The third-order valence-electron chi connectivity index (χ3n) is 3.28. The van der Waals surface area contributed by atoms with Gasteiger partial charge in [-0.25, -0.2) is 4.79 Å². The Balaban J connectivity index is 1.98. The van der Waals surface area contributed by atoms with E-state index in [9.17, 15) is 14.7 Å². The highest BCUT2D eigenvalue weighted by Crippen LogP contribution is 2.41. The maximum Gasteiger partial charge on any atom is 0.347 e. The second kappa shape index (κ2) is 4.48. The normalized spacial score (nSPS) is 35.1. The molecule has 9 nitrogen and oxygen atoms in total. The minimum absolute atomic E-state index is 0.269. The largest absolute Gasteiger partial charge is 0.394 e. The second-order valence-corrected chi connectivity index (χ2v) is 5.20. The van der Waals surface area contributed by atoms with Gasteiger partial charge in [0.05, 0.1) is 6.61 Å². The van der Waals surface area contributed by atoms with Crippen LogP contribution in [0.2, 0.25) is 0 Å². The molecule has 20 heavy (non-hydrogen) atoms. The number of hydrogen-bond acceptors (Lipinski definition) is 7. The van der Waals surface area contributed by atoms with Crippen molar-refractivity contribution in [2.24, 2.45) is 0 Å². The Morgan fingerprint density at radius 2 is 2.10 bits per heavy atom. The van der Waals surface area contributed by atoms with Crippen molar-refractivity contribution >= 4 is 0 Å². The summed E-state index contributed by atoms with van der Waals surface area (Å²) in [6.07, 6.45) is -1.58. The summed E-state index contributed by atoms with van der Waals surface area (Å²) in [6.45, 7) is 3.20. The van der Waals surface area contributed by atoms with E-state index in [2.05, 4.69) is 10.1 Å². The standard InChI is InChI=1S/C11H15N3O6/c1-11(2)19-7-5(4-15)18-9(8(7)20-11)14-10(17)13-6(16)3-12-14/h3,5,7-9,15H,4H2,1-2H3,(H,13,16,17)/t5-,7+,8-,9+/m1/s1. The summed E-state index contributed by atoms with van der Waals surface area (Å²) in [4.78, 5) is 24.9. The Bertz CT molecular complexity index is 623. The number of nitrogens with zero attached hydrogens (tertiary/aromatic N) is 2. The molecule has 9 heteroatoms. The summed E-state index contributed by atoms with van der Waals surface area (Å²) < 4.78 is 17.9. The SMILES string of the molecule is CC1(C)O[C@@H]2[C@@H](O1)[C@@H](n1ncc(=O)[nH]c1=O)O[C@@H]2CO. The van der Waals surface area contributed by atoms with Crippen LogP contribution in [0.4, 0.5) is 0 Å². The molecule has 0 aliphatic carbocycles. The predicted octanol–water partition coefficient (Wildman–Crippen LogP) is -1.66. The number of aliphatic hydroxyl groups excluding tert-OH is 1. The zero-order chi connectivity index (χ0) is 14.5. The van der Waals surface area contributed by atoms with Crippen LogP contribution in [0.25, 0.3) is 0 Å². The molecule has 2 fully saturated rings. The maximum atomic E-state index is 11.8. The molecule has 0 bridgehead atoms. The summed E-state index contributed by atoms with van der Waals surface area (Å²) in [5, 5.41) is 13.1. The third kappa shape index (κ3) is 2.08. The fraction of sp³-hybridized carbons (Fsp3) is 0.727. The van der Waals surface area contributed by atoms with Crippen LogP contribution in [0.15, 0.2) is 15.8 Å². The number of ether oxygens (including phenoxy) is 3. The molecule has 1 aromatic heterocycles. The molecule has 110 valence electrons. The molecule has 0 amide bonds. The molecule has 1 aromatic rings. The van der Waals surface area contributed by atoms with Gasteiger partial charge in [-0.3, -0.25) is 9.78 Å². The van der Waals surface area contributed by atoms with Gasteiger partial charge >= 0.3 is 5.69 Å². The van der Waals surface area contributed by atoms with Gasteiger partial charge in [-0.15, -0.1) is 0 Å². The van der Waals surface area contributed by atoms with Crippen LogP contribution in [0, 0.1) is 0 Å². The Morgan fingerprint density at radius 3 is 2.75 bits per heavy atom. The van der Waals surface area contributed by atoms with Crippen molar-refractivity contribution in [3.8, 4) is 0 Å². The molecule has 3 heterocycles. The highest BCUT2D eigenvalue weighted by Gasteiger charge is 2.56. The van der Waals surface area contributed by atoms with E-state index in [0.29, 0.717) is 0 Å². The van der Waals surface area contributed by atoms with E-state index in [0.717, 1.165) is 10.9 Å². The molecular formula is C11H15N3O6. The van der Waals surface area contributed by atoms with Crippen molar-refractivity contribution in [1.82, 2.24) is 14.8 Å². The maximum absolute atomic E-state index is 11.8. The number of nitrogens with one attached hydrogen (secondary N) is 1. The Hall–Kier alpha value is -1.55. The van der Waals surface area contributed by atoms with E-state index in [1.165, 1.54) is 0 Å². The number of aliphatic hydroxyl groups is 1. The van der Waals surface area contributed by atoms with E-state index in [4.69, 9.17) is 14.2 Å². The molecule has 0 spiro atoms. The third-order valence-corrected chi connectivity index (χ3v) is 3.28. The molecule has 2 aliphatic rings. The summed E-state index contributed by atoms with van der Waals surface area (Å²) in [5.74, 6) is -0.837. The first-order chi connectivity index (χ1) is 9.41. The number of aromatic nitrogens is 3. The van der Waals surface area contributed by atoms with Crippen molar-refractivity contribution in [3.63, 3.8) is 0 Å². The van der Waals surface area contributed by atoms with Gasteiger partial charge in [0.1, 0.15) is 24.5 Å². The zero-order valence-corrected chi connectivity index (χ0v) is 11.0. The number of rotatable bonds is 2. The minimum Gasteiger partial charge on any atom is -0.394 e. The van der Waals surface area contributed by atoms with Crippen LogP contribution in [0.3, 0.4) is 0 Å². The van der Waals surface area contributed by atoms with Crippen LogP contribution in [-0.2, 0) is 14.2 Å². The lowest BCUT2D eigenvalue weighted by molar-refractivity contribution is -0.202. The monoisotopic (exact) mass is 285 g/mol. The van der Waals surface area contributed by atoms with Gasteiger partial charge in [0.15, 0.2) is 12.0 Å². The molecule has 2 aliphatic heterocycles. The fourth-order valence-corrected chi connectivity index (χ4v) is 2.55. The molecule has 2 saturated heterocycles. The molecule has 0 radical (unpaired) electrons. The summed E-state index contributed by atoms with van der Waals surface area (Å²) in [5.41, 5.74) is -1.29. The molecule has 0 aromatic carbocycles. The average molecular weight is 285 g/mol. The first-order valence-corrected chi connectivity index (χ1v) is 6.21. The van der Waals surface area contributed by atoms with Crippen molar-refractivity contribution < 1.29 is 19.3 Å². The molecule has 4 atom stereocenters. The van der Waals surface area contributed by atoms with Gasteiger partial charge in [-0.1, -0.05) is 0 Å². The van der Waals surface area contributed by atoms with E-state index < -0.39 is 41.6 Å². The number of fused-ring (bicyclic) bond motifs is 1. The van der Waals surface area contributed by atoms with Gasteiger partial charge in [0.2, 0.25) is 0 Å². The molecular weight excluding hydrogens is 270 g/mol. The van der Waals surface area contributed by atoms with Gasteiger partial charge in [0, 0.05) is 0 Å². The molecule has 2 N–H and O–H groups in total. The predicted molar refractivity (Wildman–Crippen MR) is 63.9 cm³/mol. The lowest BCUT2D eigenvalue weighted by Gasteiger charge is -2.23. The minimum atomic E-state index is -0.858. The summed E-state index contributed by atoms with van der Waals surface area (Å²) in [6, 6.07) is 0. The highest BCUT2D eigenvalue weighted by molar-refractivity contribution is 4.96. The van der Waals surface area contributed by atoms with Crippen LogP contribution >= 0.6 is 0 Å². The number of hydrogen-bond donors (Lipinski definition) is 2. The van der Waals surface area contributed by atoms with E-state index in [-0.39, 0.29) is 6.61 Å². The van der Waals surface area contributed by atoms with Gasteiger partial charge < -0.3 is 19.3 Å². The van der Waals surface area contributed by atoms with Crippen LogP contribution in [0.5, 0.6) is 0 Å². The van der Waals surface area contributed by atoms with Crippen molar-refractivity contribution in [2.45, 2.75) is 44.2 Å². The van der Waals surface area contributed by atoms with Crippen molar-refractivity contribution in [1.29, 1.82) is 0 Å². The van der Waals surface area contributed by atoms with Crippen LogP contribution < -0.4 is 11.2 Å². The van der Waals surface area contributed by atoms with Gasteiger partial charge in [-0.05, 0) is 13.8 Å².